The van der Waals surface area contributed by atoms with Gasteiger partial charge in [0.1, 0.15) is 11.3 Å². The van der Waals surface area contributed by atoms with Crippen molar-refractivity contribution < 1.29 is 13.9 Å². The van der Waals surface area contributed by atoms with E-state index in [-0.39, 0.29) is 5.91 Å². The van der Waals surface area contributed by atoms with Crippen LogP contribution in [0.15, 0.2) is 71.6 Å². The number of ether oxygens (including phenoxy) is 1. The van der Waals surface area contributed by atoms with Crippen molar-refractivity contribution in [2.24, 2.45) is 0 Å². The molecule has 32 heavy (non-hydrogen) atoms. The quantitative estimate of drug-likeness (QED) is 0.304. The van der Waals surface area contributed by atoms with Crippen LogP contribution in [0.3, 0.4) is 0 Å². The summed E-state index contributed by atoms with van der Waals surface area (Å²) in [4.78, 5) is 16.5. The van der Waals surface area contributed by atoms with Gasteiger partial charge in [-0.1, -0.05) is 29.3 Å². The van der Waals surface area contributed by atoms with Crippen molar-refractivity contribution >= 4 is 51.3 Å². The molecule has 0 spiro atoms. The number of carbonyl (C=O) groups excluding carboxylic acids is 1. The molecule has 2 aromatic heterocycles. The topological polar surface area (TPSA) is 64.4 Å². The highest BCUT2D eigenvalue weighted by molar-refractivity contribution is 6.36. The minimum Gasteiger partial charge on any atom is -0.493 e. The summed E-state index contributed by atoms with van der Waals surface area (Å²) >= 11 is 12.5. The first-order valence-corrected chi connectivity index (χ1v) is 10.7. The number of hydrogen-bond acceptors (Lipinski definition) is 4. The largest absolute Gasteiger partial charge is 0.493 e. The Kier molecular flexibility index (Phi) is 6.49. The number of rotatable bonds is 6. The molecule has 1 amide bonds. The molecule has 2 aromatic carbocycles. The highest BCUT2D eigenvalue weighted by Crippen LogP contribution is 2.40. The number of pyridine rings is 1. The molecule has 4 rings (SSSR count). The average molecular weight is 467 g/mol. The SMILES string of the molecule is CCOc1cc2occ(-c3ccc(Cl)cc3Cl)c2cc1/C(C)=C/C(=O)Nc1cccnc1. The average Bonchev–Trinajstić information content (AvgIpc) is 3.16. The predicted molar refractivity (Wildman–Crippen MR) is 129 cm³/mol. The number of anilines is 1. The Balaban J connectivity index is 1.76. The van der Waals surface area contributed by atoms with Gasteiger partial charge in [0.15, 0.2) is 0 Å². The third kappa shape index (κ3) is 4.64. The van der Waals surface area contributed by atoms with Crippen LogP contribution in [0.2, 0.25) is 10.0 Å². The van der Waals surface area contributed by atoms with Crippen LogP contribution >= 0.6 is 23.2 Å². The molecule has 0 unspecified atom stereocenters. The molecule has 0 saturated heterocycles. The Hall–Kier alpha value is -3.28. The van der Waals surface area contributed by atoms with Crippen LogP contribution < -0.4 is 10.1 Å². The van der Waals surface area contributed by atoms with Gasteiger partial charge in [-0.05, 0) is 49.8 Å². The fourth-order valence-corrected chi connectivity index (χ4v) is 3.95. The second-order valence-electron chi connectivity index (χ2n) is 7.11. The van der Waals surface area contributed by atoms with E-state index in [0.717, 1.165) is 27.6 Å². The molecule has 5 nitrogen and oxygen atoms in total. The predicted octanol–water partition coefficient (Wildman–Crippen LogP) is 7.24. The molecule has 0 aliphatic carbocycles. The number of amides is 1. The minimum absolute atomic E-state index is 0.258. The van der Waals surface area contributed by atoms with Gasteiger partial charge in [-0.2, -0.15) is 0 Å². The molecule has 1 N–H and O–H groups in total. The van der Waals surface area contributed by atoms with E-state index < -0.39 is 0 Å². The number of carbonyl (C=O) groups is 1. The van der Waals surface area contributed by atoms with Crippen LogP contribution in [0, 0.1) is 0 Å². The molecule has 0 bridgehead atoms. The lowest BCUT2D eigenvalue weighted by molar-refractivity contribution is -0.111. The van der Waals surface area contributed by atoms with Gasteiger partial charge in [0.05, 0.1) is 29.8 Å². The molecule has 7 heteroatoms. The summed E-state index contributed by atoms with van der Waals surface area (Å²) in [6, 6.07) is 12.7. The normalized spacial score (nSPS) is 11.6. The number of allylic oxidation sites excluding steroid dienone is 1. The minimum atomic E-state index is -0.258. The number of nitrogens with zero attached hydrogens (tertiary/aromatic N) is 1. The standard InChI is InChI=1S/C25H20Cl2N2O3/c1-3-31-23-12-24-20(21(14-32-24)18-7-6-16(26)10-22(18)27)11-19(23)15(2)9-25(30)29-17-5-4-8-28-13-17/h4-14H,3H2,1-2H3,(H,29,30)/b15-9+. The Morgan fingerprint density at radius 2 is 2.03 bits per heavy atom. The van der Waals surface area contributed by atoms with Crippen LogP contribution in [0.25, 0.3) is 27.7 Å². The van der Waals surface area contributed by atoms with E-state index >= 15 is 0 Å². The molecule has 0 aliphatic rings. The lowest BCUT2D eigenvalue weighted by Gasteiger charge is -2.12. The lowest BCUT2D eigenvalue weighted by Crippen LogP contribution is -2.08. The van der Waals surface area contributed by atoms with Gasteiger partial charge in [-0.15, -0.1) is 0 Å². The molecule has 0 aliphatic heterocycles. The zero-order valence-corrected chi connectivity index (χ0v) is 19.0. The van der Waals surface area contributed by atoms with Gasteiger partial charge in [-0.25, -0.2) is 0 Å². The third-order valence-electron chi connectivity index (χ3n) is 4.90. The van der Waals surface area contributed by atoms with Gasteiger partial charge >= 0.3 is 0 Å². The summed E-state index contributed by atoms with van der Waals surface area (Å²) in [6.45, 7) is 4.25. The summed E-state index contributed by atoms with van der Waals surface area (Å²) in [5.74, 6) is 0.372. The van der Waals surface area contributed by atoms with Gasteiger partial charge in [0.2, 0.25) is 5.91 Å². The van der Waals surface area contributed by atoms with Crippen molar-refractivity contribution in [3.05, 3.63) is 82.8 Å². The molecule has 0 radical (unpaired) electrons. The molecule has 0 saturated carbocycles. The summed E-state index contributed by atoms with van der Waals surface area (Å²) in [5, 5.41) is 4.75. The smallest absolute Gasteiger partial charge is 0.248 e. The Labute approximate surface area is 195 Å². The van der Waals surface area contributed by atoms with E-state index in [1.54, 1.807) is 42.9 Å². The molecular formula is C25H20Cl2N2O3. The van der Waals surface area contributed by atoms with Crippen LogP contribution in [0.5, 0.6) is 5.75 Å². The number of furan rings is 1. The van der Waals surface area contributed by atoms with Crippen molar-refractivity contribution in [2.75, 3.05) is 11.9 Å². The number of halogens is 2. The summed E-state index contributed by atoms with van der Waals surface area (Å²) in [7, 11) is 0. The van der Waals surface area contributed by atoms with Crippen molar-refractivity contribution in [3.8, 4) is 16.9 Å². The first-order chi connectivity index (χ1) is 15.5. The zero-order chi connectivity index (χ0) is 22.7. The van der Waals surface area contributed by atoms with Crippen molar-refractivity contribution in [2.45, 2.75) is 13.8 Å². The fraction of sp³-hybridized carbons (Fsp3) is 0.120. The van der Waals surface area contributed by atoms with E-state index in [1.165, 1.54) is 6.08 Å². The summed E-state index contributed by atoms with van der Waals surface area (Å²) < 4.78 is 11.6. The molecular weight excluding hydrogens is 447 g/mol. The van der Waals surface area contributed by atoms with Crippen LogP contribution in [0.4, 0.5) is 5.69 Å². The van der Waals surface area contributed by atoms with Crippen molar-refractivity contribution in [1.82, 2.24) is 4.98 Å². The second kappa shape index (κ2) is 9.47. The number of nitrogens with one attached hydrogen (secondary N) is 1. The maximum Gasteiger partial charge on any atom is 0.248 e. The van der Waals surface area contributed by atoms with Gasteiger partial charge < -0.3 is 14.5 Å². The molecule has 162 valence electrons. The maximum absolute atomic E-state index is 12.5. The Morgan fingerprint density at radius 1 is 1.19 bits per heavy atom. The zero-order valence-electron chi connectivity index (χ0n) is 17.5. The van der Waals surface area contributed by atoms with Gasteiger partial charge in [-0.3, -0.25) is 9.78 Å². The summed E-state index contributed by atoms with van der Waals surface area (Å²) in [6.07, 6.45) is 6.43. The second-order valence-corrected chi connectivity index (χ2v) is 7.95. The van der Waals surface area contributed by atoms with E-state index in [1.807, 2.05) is 32.0 Å². The van der Waals surface area contributed by atoms with Gasteiger partial charge in [0, 0.05) is 45.4 Å². The molecule has 2 heterocycles. The number of aromatic nitrogens is 1. The van der Waals surface area contributed by atoms with Crippen LogP contribution in [-0.4, -0.2) is 17.5 Å². The summed E-state index contributed by atoms with van der Waals surface area (Å²) in [5.41, 5.74) is 4.45. The fourth-order valence-electron chi connectivity index (χ4n) is 3.44. The van der Waals surface area contributed by atoms with Crippen LogP contribution in [-0.2, 0) is 4.79 Å². The van der Waals surface area contributed by atoms with Crippen molar-refractivity contribution in [3.63, 3.8) is 0 Å². The van der Waals surface area contributed by atoms with E-state index in [0.29, 0.717) is 33.7 Å². The van der Waals surface area contributed by atoms with E-state index in [9.17, 15) is 4.79 Å². The van der Waals surface area contributed by atoms with E-state index in [4.69, 9.17) is 32.4 Å². The highest BCUT2D eigenvalue weighted by atomic mass is 35.5. The number of fused-ring (bicyclic) bond motifs is 1. The molecule has 0 atom stereocenters. The van der Waals surface area contributed by atoms with E-state index in [2.05, 4.69) is 10.3 Å². The Morgan fingerprint density at radius 3 is 2.75 bits per heavy atom. The van der Waals surface area contributed by atoms with Crippen LogP contribution in [0.1, 0.15) is 19.4 Å². The lowest BCUT2D eigenvalue weighted by atomic mass is 9.99. The highest BCUT2D eigenvalue weighted by Gasteiger charge is 2.17. The Bertz CT molecular complexity index is 1310. The number of hydrogen-bond donors (Lipinski definition) is 1. The molecule has 0 fully saturated rings. The third-order valence-corrected chi connectivity index (χ3v) is 5.45. The maximum atomic E-state index is 12.5. The monoisotopic (exact) mass is 466 g/mol. The van der Waals surface area contributed by atoms with Gasteiger partial charge in [0.25, 0.3) is 0 Å². The number of benzene rings is 2. The van der Waals surface area contributed by atoms with Crippen molar-refractivity contribution in [1.29, 1.82) is 0 Å². The molecule has 4 aromatic rings. The first-order valence-electron chi connectivity index (χ1n) is 9.99. The first kappa shape index (κ1) is 21.9.